The largest absolute Gasteiger partial charge is 0.388 e. The zero-order valence-electron chi connectivity index (χ0n) is 11.6. The number of hydrogen-bond donors (Lipinski definition) is 0. The Morgan fingerprint density at radius 3 is 2.20 bits per heavy atom. The van der Waals surface area contributed by atoms with Gasteiger partial charge < -0.3 is 14.2 Å². The number of carbonyl (C=O) groups is 4. The average molecular weight is 284 g/mol. The molecule has 2 heterocycles. The maximum absolute atomic E-state index is 12.0. The second kappa shape index (κ2) is 4.75. The van der Waals surface area contributed by atoms with Gasteiger partial charge in [-0.1, -0.05) is 0 Å². The Hall–Kier alpha value is -1.60. The van der Waals surface area contributed by atoms with Crippen molar-refractivity contribution < 1.29 is 33.4 Å². The summed E-state index contributed by atoms with van der Waals surface area (Å²) in [6, 6.07) is 0. The summed E-state index contributed by atoms with van der Waals surface area (Å²) < 4.78 is 14.9. The molecule has 0 radical (unpaired) electrons. The molecular weight excluding hydrogens is 268 g/mol. The quantitative estimate of drug-likeness (QED) is 0.517. The van der Waals surface area contributed by atoms with E-state index in [0.717, 1.165) is 0 Å². The van der Waals surface area contributed by atoms with Crippen LogP contribution in [0.4, 0.5) is 0 Å². The predicted molar refractivity (Wildman–Crippen MR) is 63.7 cm³/mol. The summed E-state index contributed by atoms with van der Waals surface area (Å²) in [5.74, 6) is -3.12. The molecule has 0 bridgehead atoms. The summed E-state index contributed by atoms with van der Waals surface area (Å²) in [6.45, 7) is 4.25. The lowest BCUT2D eigenvalue weighted by Gasteiger charge is -2.23. The lowest BCUT2D eigenvalue weighted by atomic mass is 9.99. The van der Waals surface area contributed by atoms with E-state index in [1.54, 1.807) is 6.92 Å². The van der Waals surface area contributed by atoms with E-state index in [0.29, 0.717) is 0 Å². The van der Waals surface area contributed by atoms with Gasteiger partial charge in [0.25, 0.3) is 0 Å². The molecule has 110 valence electrons. The summed E-state index contributed by atoms with van der Waals surface area (Å²) in [5.41, 5.74) is -3.58. The van der Waals surface area contributed by atoms with Crippen LogP contribution < -0.4 is 0 Å². The van der Waals surface area contributed by atoms with E-state index < -0.39 is 40.8 Å². The molecule has 0 aromatic rings. The highest BCUT2D eigenvalue weighted by Crippen LogP contribution is 2.29. The molecule has 0 amide bonds. The van der Waals surface area contributed by atoms with Gasteiger partial charge in [-0.15, -0.1) is 0 Å². The molecule has 20 heavy (non-hydrogen) atoms. The highest BCUT2D eigenvalue weighted by atomic mass is 16.6. The Morgan fingerprint density at radius 2 is 1.75 bits per heavy atom. The van der Waals surface area contributed by atoms with Gasteiger partial charge in [0.1, 0.15) is 0 Å². The number of Topliss-reactive ketones (excluding diaryl/α,β-unsaturated/α-hetero) is 2. The number of hydrogen-bond acceptors (Lipinski definition) is 7. The van der Waals surface area contributed by atoms with Crippen molar-refractivity contribution in [1.29, 1.82) is 0 Å². The first-order valence-electron chi connectivity index (χ1n) is 6.35. The summed E-state index contributed by atoms with van der Waals surface area (Å²) in [7, 11) is 0. The normalized spacial score (nSPS) is 37.2. The van der Waals surface area contributed by atoms with Crippen molar-refractivity contribution in [3.05, 3.63) is 0 Å². The Bertz CT molecular complexity index is 497. The Balaban J connectivity index is 2.11. The molecule has 3 atom stereocenters. The second-order valence-corrected chi connectivity index (χ2v) is 5.32. The topological polar surface area (TPSA) is 96.0 Å². The maximum Gasteiger partial charge on any atom is 0.353 e. The summed E-state index contributed by atoms with van der Waals surface area (Å²) in [6.07, 6.45) is -0.258. The standard InChI is InChI=1S/C13H16O7/c1-7-6-9(15)13(3,20-7)11(17)19-10(16)12(2)8(14)4-5-18-12/h7H,4-6H2,1-3H3. The third kappa shape index (κ3) is 2.16. The molecule has 3 unspecified atom stereocenters. The van der Waals surface area contributed by atoms with Crippen LogP contribution in [-0.4, -0.2) is 47.4 Å². The van der Waals surface area contributed by atoms with E-state index in [1.807, 2.05) is 0 Å². The fraction of sp³-hybridized carbons (Fsp3) is 0.692. The third-order valence-electron chi connectivity index (χ3n) is 3.66. The molecule has 2 aliphatic rings. The smallest absolute Gasteiger partial charge is 0.353 e. The zero-order valence-corrected chi connectivity index (χ0v) is 11.6. The van der Waals surface area contributed by atoms with Crippen molar-refractivity contribution in [2.75, 3.05) is 6.61 Å². The van der Waals surface area contributed by atoms with Gasteiger partial charge in [0.2, 0.25) is 11.2 Å². The van der Waals surface area contributed by atoms with Crippen molar-refractivity contribution in [3.8, 4) is 0 Å². The molecule has 0 N–H and O–H groups in total. The van der Waals surface area contributed by atoms with Gasteiger partial charge in [-0.25, -0.2) is 9.59 Å². The van der Waals surface area contributed by atoms with Gasteiger partial charge in [0.05, 0.1) is 12.7 Å². The van der Waals surface area contributed by atoms with Crippen LogP contribution in [0.5, 0.6) is 0 Å². The SMILES string of the molecule is CC1CC(=O)C(C)(C(=O)OC(=O)C2(C)OCCC2=O)O1. The molecule has 0 aromatic heterocycles. The summed E-state index contributed by atoms with van der Waals surface area (Å²) in [5, 5.41) is 0. The summed E-state index contributed by atoms with van der Waals surface area (Å²) >= 11 is 0. The van der Waals surface area contributed by atoms with E-state index in [1.165, 1.54) is 13.8 Å². The molecule has 2 aliphatic heterocycles. The van der Waals surface area contributed by atoms with Crippen LogP contribution in [0.15, 0.2) is 0 Å². The lowest BCUT2D eigenvalue weighted by Crippen LogP contribution is -2.49. The van der Waals surface area contributed by atoms with Crippen molar-refractivity contribution in [2.45, 2.75) is 50.9 Å². The number of carbonyl (C=O) groups excluding carboxylic acids is 4. The Labute approximate surface area is 115 Å². The molecule has 2 fully saturated rings. The highest BCUT2D eigenvalue weighted by molar-refractivity contribution is 6.15. The Kier molecular flexibility index (Phi) is 3.51. The van der Waals surface area contributed by atoms with Crippen LogP contribution in [0.25, 0.3) is 0 Å². The average Bonchev–Trinajstić information content (AvgIpc) is 2.82. The minimum absolute atomic E-state index is 0.0759. The van der Waals surface area contributed by atoms with Gasteiger partial charge in [-0.3, -0.25) is 9.59 Å². The van der Waals surface area contributed by atoms with Crippen LogP contribution in [0.3, 0.4) is 0 Å². The van der Waals surface area contributed by atoms with Crippen LogP contribution in [-0.2, 0) is 33.4 Å². The number of ketones is 2. The van der Waals surface area contributed by atoms with Crippen molar-refractivity contribution in [3.63, 3.8) is 0 Å². The molecule has 0 aromatic carbocycles. The van der Waals surface area contributed by atoms with Gasteiger partial charge >= 0.3 is 11.9 Å². The fourth-order valence-corrected chi connectivity index (χ4v) is 2.25. The number of esters is 2. The number of rotatable bonds is 2. The van der Waals surface area contributed by atoms with Gasteiger partial charge in [-0.2, -0.15) is 0 Å². The Morgan fingerprint density at radius 1 is 1.15 bits per heavy atom. The van der Waals surface area contributed by atoms with Crippen LogP contribution >= 0.6 is 0 Å². The van der Waals surface area contributed by atoms with Crippen LogP contribution in [0, 0.1) is 0 Å². The molecule has 2 rings (SSSR count). The zero-order chi connectivity index (χ0) is 15.1. The molecule has 7 heteroatoms. The van der Waals surface area contributed by atoms with E-state index >= 15 is 0 Å². The minimum Gasteiger partial charge on any atom is -0.388 e. The van der Waals surface area contributed by atoms with Crippen molar-refractivity contribution >= 4 is 23.5 Å². The molecule has 0 saturated carbocycles. The highest BCUT2D eigenvalue weighted by Gasteiger charge is 2.54. The van der Waals surface area contributed by atoms with E-state index in [-0.39, 0.29) is 19.4 Å². The van der Waals surface area contributed by atoms with Gasteiger partial charge in [0, 0.05) is 12.8 Å². The summed E-state index contributed by atoms with van der Waals surface area (Å²) in [4.78, 5) is 47.3. The maximum atomic E-state index is 12.0. The minimum atomic E-state index is -1.80. The third-order valence-corrected chi connectivity index (χ3v) is 3.66. The first kappa shape index (κ1) is 14.8. The first-order valence-corrected chi connectivity index (χ1v) is 6.35. The lowest BCUT2D eigenvalue weighted by molar-refractivity contribution is -0.186. The van der Waals surface area contributed by atoms with E-state index in [2.05, 4.69) is 4.74 Å². The second-order valence-electron chi connectivity index (χ2n) is 5.32. The molecular formula is C13H16O7. The molecule has 2 saturated heterocycles. The van der Waals surface area contributed by atoms with Gasteiger partial charge in [-0.05, 0) is 20.8 Å². The van der Waals surface area contributed by atoms with Gasteiger partial charge in [0.15, 0.2) is 11.6 Å². The van der Waals surface area contributed by atoms with E-state index in [4.69, 9.17) is 9.47 Å². The molecule has 0 aliphatic carbocycles. The van der Waals surface area contributed by atoms with Crippen molar-refractivity contribution in [1.82, 2.24) is 0 Å². The van der Waals surface area contributed by atoms with Crippen molar-refractivity contribution in [2.24, 2.45) is 0 Å². The fourth-order valence-electron chi connectivity index (χ4n) is 2.25. The van der Waals surface area contributed by atoms with Crippen LogP contribution in [0.1, 0.15) is 33.6 Å². The number of ether oxygens (including phenoxy) is 3. The monoisotopic (exact) mass is 284 g/mol. The molecule has 7 nitrogen and oxygen atoms in total. The predicted octanol–water partition coefficient (Wildman–Crippen LogP) is -0.0591. The van der Waals surface area contributed by atoms with E-state index in [9.17, 15) is 19.2 Å². The first-order chi connectivity index (χ1) is 9.20. The van der Waals surface area contributed by atoms with Crippen LogP contribution in [0.2, 0.25) is 0 Å². The molecule has 0 spiro atoms.